The zero-order valence-electron chi connectivity index (χ0n) is 15.9. The van der Waals surface area contributed by atoms with Gasteiger partial charge in [-0.15, -0.1) is 0 Å². The van der Waals surface area contributed by atoms with Crippen LogP contribution in [-0.4, -0.2) is 51.5 Å². The predicted molar refractivity (Wildman–Crippen MR) is 103 cm³/mol. The molecule has 2 aromatic heterocycles. The van der Waals surface area contributed by atoms with Crippen molar-refractivity contribution in [3.8, 4) is 11.3 Å². The number of aromatic nitrogens is 3. The standard InChI is InChI=1S/C20H27N5O2/c1-14(2)7-9-22-19(26)16-6-4-10-25(13-16)20(27)18-11-17(23-24-18)15-5-3-8-21-12-15/h3,5,8,11-12,14,16H,4,6-7,9-10,13H2,1-2H3,(H,22,26)(H,23,24)/t16-/m0/s1. The Morgan fingerprint density at radius 1 is 1.41 bits per heavy atom. The van der Waals surface area contributed by atoms with Gasteiger partial charge >= 0.3 is 0 Å². The van der Waals surface area contributed by atoms with Gasteiger partial charge in [-0.3, -0.25) is 19.7 Å². The van der Waals surface area contributed by atoms with Crippen LogP contribution in [0.25, 0.3) is 11.3 Å². The Kier molecular flexibility index (Phi) is 6.21. The van der Waals surface area contributed by atoms with Crippen LogP contribution in [0.2, 0.25) is 0 Å². The van der Waals surface area contributed by atoms with Gasteiger partial charge in [0.25, 0.3) is 5.91 Å². The van der Waals surface area contributed by atoms with Crippen LogP contribution in [0.1, 0.15) is 43.6 Å². The Balaban J connectivity index is 1.60. The van der Waals surface area contributed by atoms with Crippen molar-refractivity contribution in [3.63, 3.8) is 0 Å². The maximum Gasteiger partial charge on any atom is 0.271 e. The van der Waals surface area contributed by atoms with Crippen molar-refractivity contribution < 1.29 is 9.59 Å². The van der Waals surface area contributed by atoms with E-state index in [2.05, 4.69) is 34.3 Å². The molecule has 1 aliphatic rings. The van der Waals surface area contributed by atoms with Gasteiger partial charge in [-0.25, -0.2) is 0 Å². The molecule has 2 N–H and O–H groups in total. The summed E-state index contributed by atoms with van der Waals surface area (Å²) in [6.45, 7) is 6.08. The molecule has 1 aliphatic heterocycles. The minimum absolute atomic E-state index is 0.0498. The van der Waals surface area contributed by atoms with Crippen molar-refractivity contribution in [2.24, 2.45) is 11.8 Å². The minimum atomic E-state index is -0.143. The third-order valence-electron chi connectivity index (χ3n) is 4.87. The highest BCUT2D eigenvalue weighted by Crippen LogP contribution is 2.21. The van der Waals surface area contributed by atoms with Gasteiger partial charge in [-0.2, -0.15) is 5.10 Å². The van der Waals surface area contributed by atoms with E-state index in [0.717, 1.165) is 24.8 Å². The predicted octanol–water partition coefficient (Wildman–Crippen LogP) is 2.49. The largest absolute Gasteiger partial charge is 0.356 e. The molecule has 0 radical (unpaired) electrons. The first-order valence-electron chi connectivity index (χ1n) is 9.57. The summed E-state index contributed by atoms with van der Waals surface area (Å²) >= 11 is 0. The molecule has 2 amide bonds. The number of carbonyl (C=O) groups is 2. The zero-order chi connectivity index (χ0) is 19.2. The average molecular weight is 369 g/mol. The minimum Gasteiger partial charge on any atom is -0.356 e. The summed E-state index contributed by atoms with van der Waals surface area (Å²) in [6, 6.07) is 5.47. The molecule has 3 rings (SSSR count). The van der Waals surface area contributed by atoms with Crippen molar-refractivity contribution >= 4 is 11.8 Å². The van der Waals surface area contributed by atoms with Crippen molar-refractivity contribution in [2.45, 2.75) is 33.1 Å². The van der Waals surface area contributed by atoms with Crippen molar-refractivity contribution in [1.29, 1.82) is 0 Å². The second-order valence-corrected chi connectivity index (χ2v) is 7.47. The molecule has 7 heteroatoms. The van der Waals surface area contributed by atoms with E-state index in [1.165, 1.54) is 0 Å². The molecule has 0 aliphatic carbocycles. The summed E-state index contributed by atoms with van der Waals surface area (Å²) in [6.07, 6.45) is 6.02. The molecule has 0 unspecified atom stereocenters. The summed E-state index contributed by atoms with van der Waals surface area (Å²) in [4.78, 5) is 31.0. The highest BCUT2D eigenvalue weighted by Gasteiger charge is 2.29. The number of pyridine rings is 1. The Labute approximate surface area is 159 Å². The zero-order valence-corrected chi connectivity index (χ0v) is 15.9. The number of amides is 2. The lowest BCUT2D eigenvalue weighted by Gasteiger charge is -2.31. The molecule has 144 valence electrons. The Morgan fingerprint density at radius 2 is 2.26 bits per heavy atom. The molecule has 3 heterocycles. The van der Waals surface area contributed by atoms with Gasteiger partial charge in [0, 0.05) is 37.6 Å². The molecular weight excluding hydrogens is 342 g/mol. The van der Waals surface area contributed by atoms with E-state index < -0.39 is 0 Å². The van der Waals surface area contributed by atoms with Gasteiger partial charge in [0.15, 0.2) is 0 Å². The second-order valence-electron chi connectivity index (χ2n) is 7.47. The number of hydrogen-bond acceptors (Lipinski definition) is 4. The number of rotatable bonds is 6. The summed E-state index contributed by atoms with van der Waals surface area (Å²) in [5.74, 6) is 0.353. The Bertz CT molecular complexity index is 772. The lowest BCUT2D eigenvalue weighted by molar-refractivity contribution is -0.126. The fourth-order valence-corrected chi connectivity index (χ4v) is 3.27. The maximum atomic E-state index is 12.8. The second kappa shape index (κ2) is 8.79. The van der Waals surface area contributed by atoms with Gasteiger partial charge in [-0.05, 0) is 43.4 Å². The van der Waals surface area contributed by atoms with E-state index in [9.17, 15) is 9.59 Å². The van der Waals surface area contributed by atoms with Gasteiger partial charge in [0.05, 0.1) is 11.6 Å². The fraction of sp³-hybridized carbons (Fsp3) is 0.500. The third-order valence-corrected chi connectivity index (χ3v) is 4.87. The highest BCUT2D eigenvalue weighted by molar-refractivity contribution is 5.94. The fourth-order valence-electron chi connectivity index (χ4n) is 3.27. The van der Waals surface area contributed by atoms with E-state index in [1.54, 1.807) is 23.4 Å². The highest BCUT2D eigenvalue weighted by atomic mass is 16.2. The number of carbonyl (C=O) groups excluding carboxylic acids is 2. The number of H-pyrrole nitrogens is 1. The molecule has 0 aromatic carbocycles. The van der Waals surface area contributed by atoms with Crippen LogP contribution in [0.5, 0.6) is 0 Å². The van der Waals surface area contributed by atoms with E-state index in [1.807, 2.05) is 12.1 Å². The van der Waals surface area contributed by atoms with Gasteiger partial charge in [0.2, 0.25) is 5.91 Å². The van der Waals surface area contributed by atoms with Crippen LogP contribution in [0.15, 0.2) is 30.6 Å². The number of nitrogens with zero attached hydrogens (tertiary/aromatic N) is 3. The van der Waals surface area contributed by atoms with Gasteiger partial charge in [0.1, 0.15) is 5.69 Å². The van der Waals surface area contributed by atoms with E-state index in [-0.39, 0.29) is 17.7 Å². The number of nitrogens with one attached hydrogen (secondary N) is 2. The number of piperidine rings is 1. The Hall–Kier alpha value is -2.70. The van der Waals surface area contributed by atoms with Crippen LogP contribution in [0.4, 0.5) is 0 Å². The quantitative estimate of drug-likeness (QED) is 0.818. The summed E-state index contributed by atoms with van der Waals surface area (Å²) < 4.78 is 0. The van der Waals surface area contributed by atoms with Crippen molar-refractivity contribution in [2.75, 3.05) is 19.6 Å². The van der Waals surface area contributed by atoms with E-state index >= 15 is 0 Å². The topological polar surface area (TPSA) is 91.0 Å². The Morgan fingerprint density at radius 3 is 3.00 bits per heavy atom. The molecule has 27 heavy (non-hydrogen) atoms. The monoisotopic (exact) mass is 369 g/mol. The molecule has 1 fully saturated rings. The van der Waals surface area contributed by atoms with Crippen LogP contribution in [-0.2, 0) is 4.79 Å². The van der Waals surface area contributed by atoms with Crippen LogP contribution >= 0.6 is 0 Å². The summed E-state index contributed by atoms with van der Waals surface area (Å²) in [5, 5.41) is 10.0. The van der Waals surface area contributed by atoms with Crippen LogP contribution < -0.4 is 5.32 Å². The first-order valence-corrected chi connectivity index (χ1v) is 9.57. The first-order chi connectivity index (χ1) is 13.0. The van der Waals surface area contributed by atoms with E-state index in [4.69, 9.17) is 0 Å². The normalized spacial score (nSPS) is 17.1. The van der Waals surface area contributed by atoms with Crippen molar-refractivity contribution in [3.05, 3.63) is 36.3 Å². The molecule has 0 spiro atoms. The van der Waals surface area contributed by atoms with E-state index in [0.29, 0.717) is 36.9 Å². The lowest BCUT2D eigenvalue weighted by atomic mass is 9.96. The molecule has 1 atom stereocenters. The molecular formula is C20H27N5O2. The van der Waals surface area contributed by atoms with Gasteiger partial charge < -0.3 is 10.2 Å². The molecule has 0 saturated carbocycles. The maximum absolute atomic E-state index is 12.8. The summed E-state index contributed by atoms with van der Waals surface area (Å²) in [7, 11) is 0. The first kappa shape index (κ1) is 19.1. The van der Waals surface area contributed by atoms with Gasteiger partial charge in [-0.1, -0.05) is 13.8 Å². The molecule has 0 bridgehead atoms. The SMILES string of the molecule is CC(C)CCNC(=O)[C@H]1CCCN(C(=O)c2cc(-c3cccnc3)n[nH]2)C1. The number of aromatic amines is 1. The smallest absolute Gasteiger partial charge is 0.271 e. The van der Waals surface area contributed by atoms with Crippen LogP contribution in [0, 0.1) is 11.8 Å². The molecule has 1 saturated heterocycles. The van der Waals surface area contributed by atoms with Crippen molar-refractivity contribution in [1.82, 2.24) is 25.4 Å². The number of hydrogen-bond donors (Lipinski definition) is 2. The third kappa shape index (κ3) is 4.93. The number of likely N-dealkylation sites (tertiary alicyclic amines) is 1. The lowest BCUT2D eigenvalue weighted by Crippen LogP contribution is -2.45. The molecule has 7 nitrogen and oxygen atoms in total. The van der Waals surface area contributed by atoms with Crippen LogP contribution in [0.3, 0.4) is 0 Å². The average Bonchev–Trinajstić information content (AvgIpc) is 3.18. The molecule has 2 aromatic rings. The summed E-state index contributed by atoms with van der Waals surface area (Å²) in [5.41, 5.74) is 1.98.